The molecule has 0 spiro atoms. The van der Waals surface area contributed by atoms with E-state index in [0.29, 0.717) is 36.0 Å². The summed E-state index contributed by atoms with van der Waals surface area (Å²) in [5, 5.41) is 0.593. The van der Waals surface area contributed by atoms with Gasteiger partial charge in [-0.2, -0.15) is 0 Å². The molecule has 138 valence electrons. The Bertz CT molecular complexity index is 892. The van der Waals surface area contributed by atoms with Crippen LogP contribution in [0.15, 0.2) is 14.7 Å². The van der Waals surface area contributed by atoms with Crippen LogP contribution >= 0.6 is 11.8 Å². The van der Waals surface area contributed by atoms with Gasteiger partial charge in [0.25, 0.3) is 5.56 Å². The average molecular weight is 367 g/mol. The summed E-state index contributed by atoms with van der Waals surface area (Å²) in [5.74, 6) is 0.287. The fourth-order valence-electron chi connectivity index (χ4n) is 2.76. The summed E-state index contributed by atoms with van der Waals surface area (Å²) in [6.07, 6.45) is 0.814. The number of rotatable bonds is 7. The fraction of sp³-hybridized carbons (Fsp3) is 0.625. The quantitative estimate of drug-likeness (QED) is 0.676. The molecule has 0 atom stereocenters. The predicted octanol–water partition coefficient (Wildman–Crippen LogP) is 0.804. The van der Waals surface area contributed by atoms with Gasteiger partial charge in [-0.25, -0.2) is 9.78 Å². The smallest absolute Gasteiger partial charge is 0.332 e. The molecule has 2 aromatic rings. The predicted molar refractivity (Wildman–Crippen MR) is 99.2 cm³/mol. The van der Waals surface area contributed by atoms with Crippen molar-refractivity contribution in [3.05, 3.63) is 20.8 Å². The number of hydrogen-bond acceptors (Lipinski definition) is 5. The number of thioether (sulfide) groups is 1. The van der Waals surface area contributed by atoms with E-state index in [9.17, 15) is 14.4 Å². The van der Waals surface area contributed by atoms with Gasteiger partial charge >= 0.3 is 5.69 Å². The zero-order valence-corrected chi connectivity index (χ0v) is 16.2. The number of aryl methyl sites for hydroxylation is 2. The molecule has 0 aliphatic carbocycles. The molecule has 1 amide bonds. The first-order valence-electron chi connectivity index (χ1n) is 8.44. The van der Waals surface area contributed by atoms with Crippen molar-refractivity contribution in [2.24, 2.45) is 14.1 Å². The van der Waals surface area contributed by atoms with Crippen LogP contribution in [-0.4, -0.2) is 48.3 Å². The Morgan fingerprint density at radius 1 is 1.12 bits per heavy atom. The molecule has 0 aromatic carbocycles. The van der Waals surface area contributed by atoms with Gasteiger partial charge in [0, 0.05) is 33.7 Å². The highest BCUT2D eigenvalue weighted by atomic mass is 32.2. The third-order valence-corrected chi connectivity index (χ3v) is 5.16. The third-order valence-electron chi connectivity index (χ3n) is 4.20. The van der Waals surface area contributed by atoms with Gasteiger partial charge in [-0.15, -0.1) is 0 Å². The SMILES string of the molecule is CCCn1c(SCC(=O)N(CC)CC)nc2c1c(=O)n(C)c(=O)n2C. The van der Waals surface area contributed by atoms with E-state index >= 15 is 0 Å². The summed E-state index contributed by atoms with van der Waals surface area (Å²) < 4.78 is 4.28. The van der Waals surface area contributed by atoms with Crippen molar-refractivity contribution in [1.29, 1.82) is 0 Å². The Labute approximate surface area is 150 Å². The molecule has 0 aliphatic heterocycles. The monoisotopic (exact) mass is 367 g/mol. The number of imidazole rings is 1. The lowest BCUT2D eigenvalue weighted by molar-refractivity contribution is -0.127. The number of carbonyl (C=O) groups excluding carboxylic acids is 1. The minimum absolute atomic E-state index is 0.0342. The molecule has 0 N–H and O–H groups in total. The molecule has 2 heterocycles. The van der Waals surface area contributed by atoms with Crippen LogP contribution in [0.5, 0.6) is 0 Å². The van der Waals surface area contributed by atoms with Crippen LogP contribution in [-0.2, 0) is 25.4 Å². The van der Waals surface area contributed by atoms with Crippen LogP contribution in [0.4, 0.5) is 0 Å². The maximum atomic E-state index is 12.6. The highest BCUT2D eigenvalue weighted by molar-refractivity contribution is 7.99. The Hall–Kier alpha value is -2.03. The topological polar surface area (TPSA) is 82.1 Å². The summed E-state index contributed by atoms with van der Waals surface area (Å²) in [4.78, 5) is 43.2. The lowest BCUT2D eigenvalue weighted by Gasteiger charge is -2.18. The molecule has 2 aromatic heterocycles. The van der Waals surface area contributed by atoms with E-state index in [2.05, 4.69) is 4.98 Å². The van der Waals surface area contributed by atoms with Crippen LogP contribution in [0.1, 0.15) is 27.2 Å². The highest BCUT2D eigenvalue weighted by Gasteiger charge is 2.20. The van der Waals surface area contributed by atoms with Crippen LogP contribution in [0.25, 0.3) is 11.2 Å². The van der Waals surface area contributed by atoms with E-state index < -0.39 is 5.69 Å². The molecule has 0 saturated carbocycles. The van der Waals surface area contributed by atoms with E-state index in [1.807, 2.05) is 25.3 Å². The number of hydrogen-bond donors (Lipinski definition) is 0. The van der Waals surface area contributed by atoms with Crippen molar-refractivity contribution in [1.82, 2.24) is 23.6 Å². The Balaban J connectivity index is 2.50. The lowest BCUT2D eigenvalue weighted by atomic mass is 10.4. The molecular formula is C16H25N5O3S. The van der Waals surface area contributed by atoms with Crippen molar-refractivity contribution < 1.29 is 4.79 Å². The second-order valence-electron chi connectivity index (χ2n) is 5.78. The maximum absolute atomic E-state index is 12.6. The molecule has 9 heteroatoms. The largest absolute Gasteiger partial charge is 0.343 e. The molecule has 0 unspecified atom stereocenters. The second-order valence-corrected chi connectivity index (χ2v) is 6.72. The standard InChI is InChI=1S/C16H25N5O3S/c1-6-9-21-12-13(18(4)16(24)19(5)14(12)23)17-15(21)25-10-11(22)20(7-2)8-3/h6-10H2,1-5H3. The molecule has 0 saturated heterocycles. The number of carbonyl (C=O) groups is 1. The van der Waals surface area contributed by atoms with E-state index in [4.69, 9.17) is 0 Å². The summed E-state index contributed by atoms with van der Waals surface area (Å²) in [5.41, 5.74) is -0.000961. The molecular weight excluding hydrogens is 342 g/mol. The van der Waals surface area contributed by atoms with Crippen LogP contribution in [0.3, 0.4) is 0 Å². The molecule has 0 fully saturated rings. The zero-order valence-electron chi connectivity index (χ0n) is 15.4. The number of nitrogens with zero attached hydrogens (tertiary/aromatic N) is 5. The summed E-state index contributed by atoms with van der Waals surface area (Å²) in [6, 6.07) is 0. The summed E-state index contributed by atoms with van der Waals surface area (Å²) in [6.45, 7) is 7.82. The Morgan fingerprint density at radius 2 is 1.76 bits per heavy atom. The van der Waals surface area contributed by atoms with Crippen molar-refractivity contribution in [2.45, 2.75) is 38.9 Å². The van der Waals surface area contributed by atoms with Gasteiger partial charge in [-0.05, 0) is 20.3 Å². The first kappa shape index (κ1) is 19.3. The van der Waals surface area contributed by atoms with Gasteiger partial charge in [0.05, 0.1) is 5.75 Å². The van der Waals surface area contributed by atoms with Crippen molar-refractivity contribution in [3.8, 4) is 0 Å². The van der Waals surface area contributed by atoms with Crippen molar-refractivity contribution >= 4 is 28.8 Å². The van der Waals surface area contributed by atoms with E-state index in [-0.39, 0.29) is 17.2 Å². The van der Waals surface area contributed by atoms with E-state index in [1.54, 1.807) is 11.9 Å². The highest BCUT2D eigenvalue weighted by Crippen LogP contribution is 2.22. The molecule has 8 nitrogen and oxygen atoms in total. The fourth-order valence-corrected chi connectivity index (χ4v) is 3.69. The summed E-state index contributed by atoms with van der Waals surface area (Å²) in [7, 11) is 3.06. The minimum Gasteiger partial charge on any atom is -0.343 e. The molecule has 0 bridgehead atoms. The first-order chi connectivity index (χ1) is 11.9. The maximum Gasteiger partial charge on any atom is 0.332 e. The number of aromatic nitrogens is 4. The van der Waals surface area contributed by atoms with E-state index in [1.165, 1.54) is 23.4 Å². The normalized spacial score (nSPS) is 11.2. The Kier molecular flexibility index (Phi) is 6.10. The van der Waals surface area contributed by atoms with Crippen LogP contribution in [0.2, 0.25) is 0 Å². The second kappa shape index (κ2) is 7.90. The summed E-state index contributed by atoms with van der Waals surface area (Å²) >= 11 is 1.31. The van der Waals surface area contributed by atoms with Gasteiger partial charge in [0.1, 0.15) is 0 Å². The lowest BCUT2D eigenvalue weighted by Crippen LogP contribution is -2.37. The molecule has 0 radical (unpaired) electrons. The van der Waals surface area contributed by atoms with Crippen molar-refractivity contribution in [2.75, 3.05) is 18.8 Å². The zero-order chi connectivity index (χ0) is 18.7. The minimum atomic E-state index is -0.408. The number of amides is 1. The van der Waals surface area contributed by atoms with Gasteiger partial charge in [0.15, 0.2) is 16.3 Å². The van der Waals surface area contributed by atoms with Crippen LogP contribution < -0.4 is 11.2 Å². The first-order valence-corrected chi connectivity index (χ1v) is 9.42. The van der Waals surface area contributed by atoms with Crippen LogP contribution in [0, 0.1) is 0 Å². The molecule has 2 rings (SSSR count). The van der Waals surface area contributed by atoms with Gasteiger partial charge < -0.3 is 9.47 Å². The molecule has 25 heavy (non-hydrogen) atoms. The van der Waals surface area contributed by atoms with Crippen molar-refractivity contribution in [3.63, 3.8) is 0 Å². The third kappa shape index (κ3) is 3.51. The van der Waals surface area contributed by atoms with Gasteiger partial charge in [-0.1, -0.05) is 18.7 Å². The van der Waals surface area contributed by atoms with E-state index in [0.717, 1.165) is 11.0 Å². The number of fused-ring (bicyclic) bond motifs is 1. The Morgan fingerprint density at radius 3 is 2.32 bits per heavy atom. The van der Waals surface area contributed by atoms with Gasteiger partial charge in [0.2, 0.25) is 5.91 Å². The molecule has 0 aliphatic rings. The average Bonchev–Trinajstić information content (AvgIpc) is 2.96. The van der Waals surface area contributed by atoms with Gasteiger partial charge in [-0.3, -0.25) is 18.7 Å².